The molecule has 1 amide bonds. The number of carbonyl (C=O) groups is 1. The Hall–Kier alpha value is -1.43. The number of fused-ring (bicyclic) bond motifs is 1. The van der Waals surface area contributed by atoms with Gasteiger partial charge in [0.1, 0.15) is 0 Å². The molecule has 0 radical (unpaired) electrons. The third-order valence-corrected chi connectivity index (χ3v) is 6.06. The summed E-state index contributed by atoms with van der Waals surface area (Å²) in [6, 6.07) is 9.98. The first-order chi connectivity index (χ1) is 11.5. The van der Waals surface area contributed by atoms with E-state index < -0.39 is 0 Å². The highest BCUT2D eigenvalue weighted by Crippen LogP contribution is 2.25. The molecule has 1 aromatic carbocycles. The number of thiazole rings is 1. The highest BCUT2D eigenvalue weighted by molar-refractivity contribution is 7.18. The van der Waals surface area contributed by atoms with Gasteiger partial charge in [-0.15, -0.1) is 11.3 Å². The molecule has 0 saturated heterocycles. The lowest BCUT2D eigenvalue weighted by atomic mass is 10.0. The van der Waals surface area contributed by atoms with Crippen molar-refractivity contribution in [3.63, 3.8) is 0 Å². The summed E-state index contributed by atoms with van der Waals surface area (Å²) in [5.41, 5.74) is 2.44. The lowest BCUT2D eigenvalue weighted by Gasteiger charge is -2.06. The minimum Gasteiger partial charge on any atom is -0.316 e. The second kappa shape index (κ2) is 7.21. The Morgan fingerprint density at radius 2 is 2.04 bits per heavy atom. The molecule has 0 bridgehead atoms. The quantitative estimate of drug-likeness (QED) is 0.574. The summed E-state index contributed by atoms with van der Waals surface area (Å²) >= 11 is 8.76. The van der Waals surface area contributed by atoms with Gasteiger partial charge in [-0.2, -0.15) is 4.99 Å². The van der Waals surface area contributed by atoms with E-state index >= 15 is 0 Å². The van der Waals surface area contributed by atoms with Crippen LogP contribution in [0.3, 0.4) is 0 Å². The van der Waals surface area contributed by atoms with Gasteiger partial charge in [-0.1, -0.05) is 49.8 Å². The topological polar surface area (TPSA) is 34.4 Å². The summed E-state index contributed by atoms with van der Waals surface area (Å²) in [7, 11) is 0. The van der Waals surface area contributed by atoms with E-state index in [1.54, 1.807) is 23.5 Å². The number of halogens is 1. The van der Waals surface area contributed by atoms with Crippen molar-refractivity contribution in [1.82, 2.24) is 4.57 Å². The van der Waals surface area contributed by atoms with Crippen molar-refractivity contribution in [2.45, 2.75) is 39.7 Å². The zero-order chi connectivity index (χ0) is 17.3. The molecule has 24 heavy (non-hydrogen) atoms. The maximum atomic E-state index is 12.4. The molecular formula is C18H19ClN2OS2. The Morgan fingerprint density at radius 1 is 1.25 bits per heavy atom. The molecule has 2 heterocycles. The third-order valence-electron chi connectivity index (χ3n) is 3.80. The van der Waals surface area contributed by atoms with E-state index in [-0.39, 0.29) is 5.91 Å². The smallest absolute Gasteiger partial charge is 0.289 e. The largest absolute Gasteiger partial charge is 0.316 e. The molecule has 3 rings (SSSR count). The number of nitrogens with zero attached hydrogens (tertiary/aromatic N) is 2. The maximum Gasteiger partial charge on any atom is 0.289 e. The van der Waals surface area contributed by atoms with Crippen LogP contribution in [0.5, 0.6) is 0 Å². The number of thiophene rings is 1. The van der Waals surface area contributed by atoms with Gasteiger partial charge < -0.3 is 4.57 Å². The van der Waals surface area contributed by atoms with Crippen LogP contribution in [0.2, 0.25) is 4.34 Å². The van der Waals surface area contributed by atoms with Crippen molar-refractivity contribution >= 4 is 50.4 Å². The highest BCUT2D eigenvalue weighted by atomic mass is 35.5. The number of rotatable bonds is 4. The predicted octanol–water partition coefficient (Wildman–Crippen LogP) is 5.69. The minimum atomic E-state index is -0.229. The average Bonchev–Trinajstić information content (AvgIpc) is 3.11. The number of hydrogen-bond acceptors (Lipinski definition) is 3. The van der Waals surface area contributed by atoms with Gasteiger partial charge in [0.25, 0.3) is 5.91 Å². The van der Waals surface area contributed by atoms with E-state index in [1.165, 1.54) is 21.6 Å². The first kappa shape index (κ1) is 17.4. The van der Waals surface area contributed by atoms with Crippen LogP contribution in [-0.4, -0.2) is 10.5 Å². The molecule has 0 aliphatic carbocycles. The van der Waals surface area contributed by atoms with Crippen molar-refractivity contribution in [1.29, 1.82) is 0 Å². The van der Waals surface area contributed by atoms with Gasteiger partial charge >= 0.3 is 0 Å². The Kier molecular flexibility index (Phi) is 5.23. The zero-order valence-corrected chi connectivity index (χ0v) is 16.3. The number of benzene rings is 1. The number of carbonyl (C=O) groups excluding carboxylic acids is 1. The van der Waals surface area contributed by atoms with Gasteiger partial charge in [-0.3, -0.25) is 4.79 Å². The fourth-order valence-corrected chi connectivity index (χ4v) is 4.58. The van der Waals surface area contributed by atoms with E-state index in [9.17, 15) is 4.79 Å². The fourth-order valence-electron chi connectivity index (χ4n) is 2.55. The highest BCUT2D eigenvalue weighted by Gasteiger charge is 2.11. The van der Waals surface area contributed by atoms with Gasteiger partial charge in [0.2, 0.25) is 0 Å². The molecule has 2 aromatic heterocycles. The standard InChI is InChI=1S/C18H19ClN2OS2/c1-4-9-21-13-6-5-12(11(2)3)10-15(13)24-18(21)20-17(22)14-7-8-16(19)23-14/h5-8,10-11H,4,9H2,1-3H3. The Morgan fingerprint density at radius 3 is 2.67 bits per heavy atom. The molecule has 0 fully saturated rings. The van der Waals surface area contributed by atoms with Crippen LogP contribution in [0, 0.1) is 0 Å². The molecular weight excluding hydrogens is 360 g/mol. The van der Waals surface area contributed by atoms with Gasteiger partial charge in [0, 0.05) is 6.54 Å². The molecule has 0 unspecified atom stereocenters. The van der Waals surface area contributed by atoms with Crippen LogP contribution in [0.15, 0.2) is 35.3 Å². The molecule has 0 spiro atoms. The lowest BCUT2D eigenvalue weighted by molar-refractivity contribution is 0.100. The van der Waals surface area contributed by atoms with Crippen molar-refractivity contribution in [2.24, 2.45) is 4.99 Å². The molecule has 126 valence electrons. The summed E-state index contributed by atoms with van der Waals surface area (Å²) in [5.74, 6) is 0.249. The summed E-state index contributed by atoms with van der Waals surface area (Å²) in [6.07, 6.45) is 0.990. The second-order valence-corrected chi connectivity index (χ2v) is 8.66. The van der Waals surface area contributed by atoms with Crippen LogP contribution in [0.25, 0.3) is 10.2 Å². The van der Waals surface area contributed by atoms with E-state index in [0.717, 1.165) is 23.3 Å². The van der Waals surface area contributed by atoms with E-state index in [1.807, 2.05) is 0 Å². The van der Waals surface area contributed by atoms with Crippen LogP contribution in [0.1, 0.15) is 48.3 Å². The lowest BCUT2D eigenvalue weighted by Crippen LogP contribution is -2.16. The van der Waals surface area contributed by atoms with Crippen LogP contribution < -0.4 is 4.80 Å². The summed E-state index contributed by atoms with van der Waals surface area (Å²) < 4.78 is 3.91. The second-order valence-electron chi connectivity index (χ2n) is 5.94. The normalized spacial score (nSPS) is 12.5. The number of aromatic nitrogens is 1. The predicted molar refractivity (Wildman–Crippen MR) is 103 cm³/mol. The van der Waals surface area contributed by atoms with Crippen LogP contribution >= 0.6 is 34.3 Å². The average molecular weight is 379 g/mol. The Bertz CT molecular complexity index is 949. The monoisotopic (exact) mass is 378 g/mol. The summed E-state index contributed by atoms with van der Waals surface area (Å²) in [5, 5.41) is 0. The number of amides is 1. The Balaban J connectivity index is 2.13. The molecule has 0 aliphatic rings. The number of hydrogen-bond donors (Lipinski definition) is 0. The van der Waals surface area contributed by atoms with Crippen LogP contribution in [0.4, 0.5) is 0 Å². The Labute approximate surface area is 154 Å². The zero-order valence-electron chi connectivity index (χ0n) is 13.9. The maximum absolute atomic E-state index is 12.4. The molecule has 0 saturated carbocycles. The summed E-state index contributed by atoms with van der Waals surface area (Å²) in [4.78, 5) is 18.1. The SMILES string of the molecule is CCCn1c(=NC(=O)c2ccc(Cl)s2)sc2cc(C(C)C)ccc21. The first-order valence-corrected chi connectivity index (χ1v) is 9.98. The molecule has 6 heteroatoms. The van der Waals surface area contributed by atoms with E-state index in [0.29, 0.717) is 15.1 Å². The van der Waals surface area contributed by atoms with Crippen molar-refractivity contribution in [3.8, 4) is 0 Å². The van der Waals surface area contributed by atoms with Gasteiger partial charge in [-0.05, 0) is 42.2 Å². The number of aryl methyl sites for hydroxylation is 1. The van der Waals surface area contributed by atoms with E-state index in [2.05, 4.69) is 48.5 Å². The summed E-state index contributed by atoms with van der Waals surface area (Å²) in [6.45, 7) is 7.34. The van der Waals surface area contributed by atoms with Gasteiger partial charge in [0.15, 0.2) is 4.80 Å². The van der Waals surface area contributed by atoms with Crippen molar-refractivity contribution in [3.05, 3.63) is 49.9 Å². The van der Waals surface area contributed by atoms with Crippen LogP contribution in [-0.2, 0) is 6.54 Å². The molecule has 0 aliphatic heterocycles. The molecule has 3 aromatic rings. The van der Waals surface area contributed by atoms with Crippen molar-refractivity contribution < 1.29 is 4.79 Å². The molecule has 0 atom stereocenters. The molecule has 3 nitrogen and oxygen atoms in total. The first-order valence-electron chi connectivity index (χ1n) is 7.97. The minimum absolute atomic E-state index is 0.229. The van der Waals surface area contributed by atoms with E-state index in [4.69, 9.17) is 11.6 Å². The van der Waals surface area contributed by atoms with Gasteiger partial charge in [0.05, 0.1) is 19.4 Å². The molecule has 0 N–H and O–H groups in total. The van der Waals surface area contributed by atoms with Gasteiger partial charge in [-0.25, -0.2) is 0 Å². The fraction of sp³-hybridized carbons (Fsp3) is 0.333. The van der Waals surface area contributed by atoms with Crippen molar-refractivity contribution in [2.75, 3.05) is 0 Å². The third kappa shape index (κ3) is 3.48.